The van der Waals surface area contributed by atoms with Gasteiger partial charge in [0, 0.05) is 25.8 Å². The van der Waals surface area contributed by atoms with Crippen molar-refractivity contribution in [3.63, 3.8) is 0 Å². The number of hydrogen-bond donors (Lipinski definition) is 1. The van der Waals surface area contributed by atoms with E-state index in [1.54, 1.807) is 18.0 Å². The van der Waals surface area contributed by atoms with E-state index in [1.165, 1.54) is 22.9 Å². The highest BCUT2D eigenvalue weighted by Crippen LogP contribution is 2.35. The van der Waals surface area contributed by atoms with Crippen LogP contribution in [0, 0.1) is 5.82 Å². The van der Waals surface area contributed by atoms with E-state index in [0.717, 1.165) is 11.3 Å². The van der Waals surface area contributed by atoms with E-state index in [9.17, 15) is 18.8 Å². The number of aromatic amines is 1. The molecule has 0 fully saturated rings. The Morgan fingerprint density at radius 2 is 1.69 bits per heavy atom. The van der Waals surface area contributed by atoms with Crippen molar-refractivity contribution in [1.82, 2.24) is 14.7 Å². The molecule has 0 aliphatic carbocycles. The smallest absolute Gasteiger partial charge is 0.282 e. The number of aryl methyl sites for hydroxylation is 2. The third kappa shape index (κ3) is 3.28. The summed E-state index contributed by atoms with van der Waals surface area (Å²) >= 11 is 0. The van der Waals surface area contributed by atoms with Crippen LogP contribution in [0.15, 0.2) is 34.8 Å². The molecular formula is C21H25FN4O3. The maximum atomic E-state index is 14.4. The maximum Gasteiger partial charge on any atom is 0.282 e. The number of hydrogen-bond acceptors (Lipinski definition) is 4. The van der Waals surface area contributed by atoms with E-state index in [4.69, 9.17) is 0 Å². The van der Waals surface area contributed by atoms with Crippen molar-refractivity contribution in [1.29, 1.82) is 0 Å². The van der Waals surface area contributed by atoms with Gasteiger partial charge in [-0.2, -0.15) is 0 Å². The number of benzene rings is 1. The van der Waals surface area contributed by atoms with Gasteiger partial charge < -0.3 is 4.90 Å². The Balaban J connectivity index is 2.29. The fourth-order valence-corrected chi connectivity index (χ4v) is 3.72. The molecule has 2 heterocycles. The van der Waals surface area contributed by atoms with E-state index in [2.05, 4.69) is 5.10 Å². The molecule has 1 aliphatic heterocycles. The number of carbonyl (C=O) groups excluding carboxylic acids is 2. The van der Waals surface area contributed by atoms with Gasteiger partial charge in [0.25, 0.3) is 17.4 Å². The van der Waals surface area contributed by atoms with Crippen LogP contribution in [-0.4, -0.2) is 39.6 Å². The zero-order chi connectivity index (χ0) is 21.3. The second kappa shape index (κ2) is 8.06. The SMILES string of the molecule is CCCc1[nH]n(C)c(=O)c1C1=C(N(CC)CC)C(=O)N(c2ccccc2F)C1=O. The van der Waals surface area contributed by atoms with E-state index in [0.29, 0.717) is 25.2 Å². The summed E-state index contributed by atoms with van der Waals surface area (Å²) in [5.74, 6) is -1.98. The Labute approximate surface area is 168 Å². The molecule has 7 nitrogen and oxygen atoms in total. The number of H-pyrrole nitrogens is 1. The lowest BCUT2D eigenvalue weighted by molar-refractivity contribution is -0.120. The van der Waals surface area contributed by atoms with Crippen LogP contribution in [0.2, 0.25) is 0 Å². The van der Waals surface area contributed by atoms with Crippen LogP contribution in [0.25, 0.3) is 5.57 Å². The summed E-state index contributed by atoms with van der Waals surface area (Å²) in [5.41, 5.74) is 0.449. The summed E-state index contributed by atoms with van der Waals surface area (Å²) in [5, 5.41) is 2.98. The lowest BCUT2D eigenvalue weighted by Crippen LogP contribution is -2.35. The number of likely N-dealkylation sites (N-methyl/N-ethyl adjacent to an activating group) is 1. The largest absolute Gasteiger partial charge is 0.367 e. The molecule has 1 N–H and O–H groups in total. The number of nitrogens with zero attached hydrogens (tertiary/aromatic N) is 3. The Morgan fingerprint density at radius 1 is 1.03 bits per heavy atom. The average Bonchev–Trinajstić information content (AvgIpc) is 3.10. The van der Waals surface area contributed by atoms with Gasteiger partial charge in [0.05, 0.1) is 16.8 Å². The molecule has 2 aromatic rings. The van der Waals surface area contributed by atoms with Crippen molar-refractivity contribution in [2.24, 2.45) is 7.05 Å². The molecule has 0 bridgehead atoms. The fraction of sp³-hybridized carbons (Fsp3) is 0.381. The van der Waals surface area contributed by atoms with Crippen molar-refractivity contribution in [2.45, 2.75) is 33.6 Å². The van der Waals surface area contributed by atoms with Gasteiger partial charge in [-0.15, -0.1) is 0 Å². The van der Waals surface area contributed by atoms with Gasteiger partial charge in [0.2, 0.25) is 0 Å². The first kappa shape index (κ1) is 20.6. The van der Waals surface area contributed by atoms with E-state index in [-0.39, 0.29) is 28.1 Å². The predicted molar refractivity (Wildman–Crippen MR) is 109 cm³/mol. The lowest BCUT2D eigenvalue weighted by Gasteiger charge is -2.23. The summed E-state index contributed by atoms with van der Waals surface area (Å²) in [6.07, 6.45) is 1.29. The number of aromatic nitrogens is 2. The van der Waals surface area contributed by atoms with Crippen molar-refractivity contribution in [3.05, 3.63) is 57.4 Å². The number of amides is 2. The quantitative estimate of drug-likeness (QED) is 0.724. The molecule has 0 atom stereocenters. The average molecular weight is 400 g/mol. The summed E-state index contributed by atoms with van der Waals surface area (Å²) < 4.78 is 15.7. The third-order valence-corrected chi connectivity index (χ3v) is 5.11. The van der Waals surface area contributed by atoms with Crippen molar-refractivity contribution < 1.29 is 14.0 Å². The van der Waals surface area contributed by atoms with Gasteiger partial charge in [-0.05, 0) is 32.4 Å². The maximum absolute atomic E-state index is 14.4. The normalized spacial score (nSPS) is 14.3. The number of imide groups is 1. The lowest BCUT2D eigenvalue weighted by atomic mass is 10.0. The Hall–Kier alpha value is -3.16. The minimum absolute atomic E-state index is 0.0345. The van der Waals surface area contributed by atoms with Gasteiger partial charge in [-0.25, -0.2) is 9.29 Å². The van der Waals surface area contributed by atoms with Crippen LogP contribution >= 0.6 is 0 Å². The number of halogens is 1. The zero-order valence-corrected chi connectivity index (χ0v) is 17.1. The van der Waals surface area contributed by atoms with E-state index in [1.807, 2.05) is 20.8 Å². The monoisotopic (exact) mass is 400 g/mol. The molecule has 154 valence electrons. The fourth-order valence-electron chi connectivity index (χ4n) is 3.72. The highest BCUT2D eigenvalue weighted by Gasteiger charge is 2.44. The van der Waals surface area contributed by atoms with Gasteiger partial charge in [0.1, 0.15) is 11.5 Å². The van der Waals surface area contributed by atoms with Crippen LogP contribution in [0.1, 0.15) is 38.4 Å². The number of nitrogens with one attached hydrogen (secondary N) is 1. The van der Waals surface area contributed by atoms with Crippen LogP contribution in [0.3, 0.4) is 0 Å². The first-order valence-electron chi connectivity index (χ1n) is 9.77. The number of carbonyl (C=O) groups is 2. The standard InChI is InChI=1S/C21H25FN4O3/c1-5-10-14-16(19(27)24(4)23-14)17-18(25(6-2)7-3)21(29)26(20(17)28)15-12-9-8-11-13(15)22/h8-9,11-12,23H,5-7,10H2,1-4H3. The summed E-state index contributed by atoms with van der Waals surface area (Å²) in [6, 6.07) is 5.63. The molecule has 0 unspecified atom stereocenters. The Kier molecular flexibility index (Phi) is 5.72. The third-order valence-electron chi connectivity index (χ3n) is 5.11. The molecule has 8 heteroatoms. The highest BCUT2D eigenvalue weighted by atomic mass is 19.1. The Bertz CT molecular complexity index is 1050. The molecule has 0 spiro atoms. The van der Waals surface area contributed by atoms with Crippen LogP contribution < -0.4 is 10.5 Å². The van der Waals surface area contributed by atoms with Crippen molar-refractivity contribution in [3.8, 4) is 0 Å². The number of anilines is 1. The molecule has 3 rings (SSSR count). The topological polar surface area (TPSA) is 78.4 Å². The molecule has 2 amide bonds. The second-order valence-electron chi connectivity index (χ2n) is 6.87. The first-order valence-corrected chi connectivity index (χ1v) is 9.77. The molecule has 29 heavy (non-hydrogen) atoms. The van der Waals surface area contributed by atoms with Gasteiger partial charge in [-0.3, -0.25) is 24.2 Å². The zero-order valence-electron chi connectivity index (χ0n) is 17.1. The molecule has 1 aliphatic rings. The van der Waals surface area contributed by atoms with Crippen LogP contribution in [0.4, 0.5) is 10.1 Å². The summed E-state index contributed by atoms with van der Waals surface area (Å²) in [7, 11) is 1.57. The molecule has 1 aromatic heterocycles. The van der Waals surface area contributed by atoms with E-state index < -0.39 is 17.6 Å². The molecule has 0 saturated carbocycles. The second-order valence-corrected chi connectivity index (χ2v) is 6.87. The Morgan fingerprint density at radius 3 is 2.28 bits per heavy atom. The first-order chi connectivity index (χ1) is 13.9. The summed E-state index contributed by atoms with van der Waals surface area (Å²) in [6.45, 7) is 6.61. The molecule has 1 aromatic carbocycles. The molecular weight excluding hydrogens is 375 g/mol. The number of rotatable bonds is 7. The predicted octanol–water partition coefficient (Wildman–Crippen LogP) is 2.43. The van der Waals surface area contributed by atoms with Gasteiger partial charge >= 0.3 is 0 Å². The van der Waals surface area contributed by atoms with Crippen molar-refractivity contribution in [2.75, 3.05) is 18.0 Å². The van der Waals surface area contributed by atoms with E-state index >= 15 is 0 Å². The highest BCUT2D eigenvalue weighted by molar-refractivity contribution is 6.45. The minimum Gasteiger partial charge on any atom is -0.367 e. The van der Waals surface area contributed by atoms with Gasteiger partial charge in [0.15, 0.2) is 0 Å². The molecule has 0 saturated heterocycles. The van der Waals surface area contributed by atoms with Crippen molar-refractivity contribution >= 4 is 23.1 Å². The summed E-state index contributed by atoms with van der Waals surface area (Å²) in [4.78, 5) is 42.2. The minimum atomic E-state index is -0.684. The van der Waals surface area contributed by atoms with Crippen LogP contribution in [-0.2, 0) is 23.1 Å². The van der Waals surface area contributed by atoms with Crippen LogP contribution in [0.5, 0.6) is 0 Å². The van der Waals surface area contributed by atoms with Gasteiger partial charge in [-0.1, -0.05) is 25.5 Å². The molecule has 0 radical (unpaired) electrons. The number of para-hydroxylation sites is 1.